The van der Waals surface area contributed by atoms with Gasteiger partial charge in [0.15, 0.2) is 0 Å². The van der Waals surface area contributed by atoms with Gasteiger partial charge in [-0.05, 0) is 70.9 Å². The molecule has 1 atom stereocenters. The summed E-state index contributed by atoms with van der Waals surface area (Å²) in [4.78, 5) is 2.39. The summed E-state index contributed by atoms with van der Waals surface area (Å²) in [7, 11) is 3.77. The van der Waals surface area contributed by atoms with E-state index in [4.69, 9.17) is 4.74 Å². The highest BCUT2D eigenvalue weighted by atomic mass is 19.1. The number of hydrogen-bond donors (Lipinski definition) is 1. The van der Waals surface area contributed by atoms with Gasteiger partial charge in [0.1, 0.15) is 11.6 Å². The summed E-state index contributed by atoms with van der Waals surface area (Å²) in [5.41, 5.74) is 0.628. The molecule has 118 valence electrons. The monoisotopic (exact) mass is 294 g/mol. The number of methoxy groups -OCH3 is 1. The van der Waals surface area contributed by atoms with Crippen LogP contribution in [0.1, 0.15) is 37.8 Å². The third-order valence-corrected chi connectivity index (χ3v) is 4.51. The summed E-state index contributed by atoms with van der Waals surface area (Å²) in [6.45, 7) is 5.31. The van der Waals surface area contributed by atoms with E-state index in [1.165, 1.54) is 32.0 Å². The number of piperidine rings is 1. The standard InChI is InChI=1S/C17H27FN2O/c1-13(17-15(18)5-4-6-16(17)21-3)19-10-7-14-8-11-20(2)12-9-14/h4-6,13-14,19H,7-12H2,1-3H3. The van der Waals surface area contributed by atoms with Crippen LogP contribution in [0.25, 0.3) is 0 Å². The lowest BCUT2D eigenvalue weighted by Gasteiger charge is -2.29. The molecule has 4 heteroatoms. The van der Waals surface area contributed by atoms with Gasteiger partial charge in [-0.2, -0.15) is 0 Å². The van der Waals surface area contributed by atoms with Crippen LogP contribution in [0, 0.1) is 11.7 Å². The summed E-state index contributed by atoms with van der Waals surface area (Å²) < 4.78 is 19.3. The van der Waals surface area contributed by atoms with Crippen molar-refractivity contribution in [2.45, 2.75) is 32.2 Å². The zero-order valence-electron chi connectivity index (χ0n) is 13.4. The fourth-order valence-corrected chi connectivity index (χ4v) is 3.07. The Morgan fingerprint density at radius 1 is 1.38 bits per heavy atom. The number of likely N-dealkylation sites (tertiary alicyclic amines) is 1. The molecule has 3 nitrogen and oxygen atoms in total. The van der Waals surface area contributed by atoms with Crippen LogP contribution < -0.4 is 10.1 Å². The van der Waals surface area contributed by atoms with E-state index in [-0.39, 0.29) is 11.9 Å². The van der Waals surface area contributed by atoms with Crippen molar-refractivity contribution in [2.24, 2.45) is 5.92 Å². The van der Waals surface area contributed by atoms with Crippen molar-refractivity contribution in [3.05, 3.63) is 29.6 Å². The number of nitrogens with one attached hydrogen (secondary N) is 1. The first kappa shape index (κ1) is 16.2. The molecule has 1 heterocycles. The molecule has 1 fully saturated rings. The van der Waals surface area contributed by atoms with Crippen molar-refractivity contribution in [1.29, 1.82) is 0 Å². The van der Waals surface area contributed by atoms with Crippen LogP contribution in [0.4, 0.5) is 4.39 Å². The Kier molecular flexibility index (Phi) is 6.00. The Bertz CT molecular complexity index is 444. The lowest BCUT2D eigenvalue weighted by Crippen LogP contribution is -2.32. The minimum atomic E-state index is -0.200. The molecule has 1 aromatic rings. The number of benzene rings is 1. The van der Waals surface area contributed by atoms with E-state index < -0.39 is 0 Å². The quantitative estimate of drug-likeness (QED) is 0.872. The molecular formula is C17H27FN2O. The van der Waals surface area contributed by atoms with Gasteiger partial charge in [-0.15, -0.1) is 0 Å². The summed E-state index contributed by atoms with van der Waals surface area (Å²) in [5.74, 6) is 1.21. The number of nitrogens with zero attached hydrogens (tertiary/aromatic N) is 1. The van der Waals surface area contributed by atoms with E-state index in [0.29, 0.717) is 11.3 Å². The summed E-state index contributed by atoms with van der Waals surface area (Å²) in [5, 5.41) is 3.44. The molecule has 0 aromatic heterocycles. The van der Waals surface area contributed by atoms with Gasteiger partial charge < -0.3 is 15.0 Å². The summed E-state index contributed by atoms with van der Waals surface area (Å²) in [6.07, 6.45) is 3.71. The Morgan fingerprint density at radius 3 is 2.76 bits per heavy atom. The van der Waals surface area contributed by atoms with Gasteiger partial charge in [-0.3, -0.25) is 0 Å². The fourth-order valence-electron chi connectivity index (χ4n) is 3.07. The molecule has 2 rings (SSSR count). The third-order valence-electron chi connectivity index (χ3n) is 4.51. The predicted molar refractivity (Wildman–Crippen MR) is 84.2 cm³/mol. The molecule has 1 aliphatic heterocycles. The molecule has 0 bridgehead atoms. The number of rotatable bonds is 6. The molecule has 21 heavy (non-hydrogen) atoms. The molecule has 1 unspecified atom stereocenters. The maximum atomic E-state index is 14.0. The van der Waals surface area contributed by atoms with Crippen molar-refractivity contribution < 1.29 is 9.13 Å². The Hall–Kier alpha value is -1.13. The summed E-state index contributed by atoms with van der Waals surface area (Å²) >= 11 is 0. The molecule has 1 aromatic carbocycles. The van der Waals surface area contributed by atoms with Crippen molar-refractivity contribution in [1.82, 2.24) is 10.2 Å². The zero-order chi connectivity index (χ0) is 15.2. The molecular weight excluding hydrogens is 267 g/mol. The Labute approximate surface area is 127 Å². The van der Waals surface area contributed by atoms with E-state index in [9.17, 15) is 4.39 Å². The van der Waals surface area contributed by atoms with Crippen LogP contribution in [0.3, 0.4) is 0 Å². The molecule has 1 aliphatic rings. The molecule has 0 amide bonds. The maximum Gasteiger partial charge on any atom is 0.131 e. The van der Waals surface area contributed by atoms with E-state index in [0.717, 1.165) is 18.9 Å². The van der Waals surface area contributed by atoms with Crippen molar-refractivity contribution >= 4 is 0 Å². The van der Waals surface area contributed by atoms with Gasteiger partial charge >= 0.3 is 0 Å². The first-order chi connectivity index (χ1) is 10.1. The van der Waals surface area contributed by atoms with Gasteiger partial charge in [0, 0.05) is 11.6 Å². The smallest absolute Gasteiger partial charge is 0.131 e. The lowest BCUT2D eigenvalue weighted by atomic mass is 9.93. The second kappa shape index (κ2) is 7.76. The topological polar surface area (TPSA) is 24.5 Å². The van der Waals surface area contributed by atoms with Crippen molar-refractivity contribution in [2.75, 3.05) is 33.8 Å². The molecule has 0 spiro atoms. The van der Waals surface area contributed by atoms with E-state index in [2.05, 4.69) is 17.3 Å². The number of ether oxygens (including phenoxy) is 1. The molecule has 0 saturated carbocycles. The third kappa shape index (κ3) is 4.42. The largest absolute Gasteiger partial charge is 0.496 e. The first-order valence-corrected chi connectivity index (χ1v) is 7.86. The predicted octanol–water partition coefficient (Wildman–Crippen LogP) is 3.22. The molecule has 1 N–H and O–H groups in total. The van der Waals surface area contributed by atoms with Crippen LogP contribution in [-0.4, -0.2) is 38.7 Å². The minimum Gasteiger partial charge on any atom is -0.496 e. The van der Waals surface area contributed by atoms with Gasteiger partial charge in [0.05, 0.1) is 7.11 Å². The average Bonchev–Trinajstić information content (AvgIpc) is 2.48. The van der Waals surface area contributed by atoms with E-state index in [1.54, 1.807) is 13.2 Å². The highest BCUT2D eigenvalue weighted by molar-refractivity contribution is 5.36. The molecule has 0 aliphatic carbocycles. The van der Waals surface area contributed by atoms with Crippen molar-refractivity contribution in [3.8, 4) is 5.75 Å². The first-order valence-electron chi connectivity index (χ1n) is 7.86. The SMILES string of the molecule is COc1cccc(F)c1C(C)NCCC1CCN(C)CC1. The Morgan fingerprint density at radius 2 is 2.10 bits per heavy atom. The second-order valence-corrected chi connectivity index (χ2v) is 6.07. The second-order valence-electron chi connectivity index (χ2n) is 6.07. The fraction of sp³-hybridized carbons (Fsp3) is 0.647. The maximum absolute atomic E-state index is 14.0. The zero-order valence-corrected chi connectivity index (χ0v) is 13.4. The molecule has 0 radical (unpaired) electrons. The number of hydrogen-bond acceptors (Lipinski definition) is 3. The highest BCUT2D eigenvalue weighted by Crippen LogP contribution is 2.28. The van der Waals surface area contributed by atoms with Crippen LogP contribution in [-0.2, 0) is 0 Å². The van der Waals surface area contributed by atoms with Crippen LogP contribution in [0.2, 0.25) is 0 Å². The lowest BCUT2D eigenvalue weighted by molar-refractivity contribution is 0.210. The summed E-state index contributed by atoms with van der Waals surface area (Å²) in [6, 6.07) is 4.95. The number of halogens is 1. The van der Waals surface area contributed by atoms with E-state index >= 15 is 0 Å². The van der Waals surface area contributed by atoms with Crippen LogP contribution in [0.5, 0.6) is 5.75 Å². The van der Waals surface area contributed by atoms with Crippen LogP contribution >= 0.6 is 0 Å². The van der Waals surface area contributed by atoms with Gasteiger partial charge in [-0.1, -0.05) is 6.07 Å². The highest BCUT2D eigenvalue weighted by Gasteiger charge is 2.18. The van der Waals surface area contributed by atoms with Gasteiger partial charge in [0.25, 0.3) is 0 Å². The average molecular weight is 294 g/mol. The van der Waals surface area contributed by atoms with E-state index in [1.807, 2.05) is 13.0 Å². The Balaban J connectivity index is 1.83. The normalized spacial score (nSPS) is 18.7. The molecule has 1 saturated heterocycles. The van der Waals surface area contributed by atoms with Crippen LogP contribution in [0.15, 0.2) is 18.2 Å². The van der Waals surface area contributed by atoms with Crippen molar-refractivity contribution in [3.63, 3.8) is 0 Å². The van der Waals surface area contributed by atoms with Gasteiger partial charge in [0.2, 0.25) is 0 Å². The minimum absolute atomic E-state index is 0.0348. The van der Waals surface area contributed by atoms with Gasteiger partial charge in [-0.25, -0.2) is 4.39 Å².